The van der Waals surface area contributed by atoms with Crippen molar-refractivity contribution >= 4 is 8.32 Å². The highest BCUT2D eigenvalue weighted by Crippen LogP contribution is 2.34. The molecule has 1 nitrogen and oxygen atoms in total. The molecule has 0 amide bonds. The Bertz CT molecular complexity index is 351. The van der Waals surface area contributed by atoms with Crippen molar-refractivity contribution in [2.24, 2.45) is 0 Å². The Morgan fingerprint density at radius 1 is 1.00 bits per heavy atom. The molecular formula is C19H34OSi. The highest BCUT2D eigenvalue weighted by molar-refractivity contribution is 6.73. The van der Waals surface area contributed by atoms with Gasteiger partial charge in [-0.2, -0.15) is 0 Å². The zero-order chi connectivity index (χ0) is 16.2. The lowest BCUT2D eigenvalue weighted by molar-refractivity contribution is 0.0955. The molecule has 0 fully saturated rings. The Morgan fingerprint density at radius 3 is 2.00 bits per heavy atom. The van der Waals surface area contributed by atoms with Gasteiger partial charge >= 0.3 is 0 Å². The number of allylic oxidation sites excluding steroid dienone is 2. The van der Waals surface area contributed by atoms with Crippen molar-refractivity contribution in [1.82, 2.24) is 0 Å². The second-order valence-corrected chi connectivity index (χ2v) is 10.4. The first-order valence-electron chi connectivity index (χ1n) is 8.43. The van der Waals surface area contributed by atoms with Crippen molar-refractivity contribution in [1.29, 1.82) is 0 Å². The molecule has 1 unspecified atom stereocenters. The fourth-order valence-electron chi connectivity index (χ4n) is 2.85. The maximum atomic E-state index is 6.85. The lowest BCUT2D eigenvalue weighted by Gasteiger charge is -2.40. The molecule has 0 spiro atoms. The average molecular weight is 307 g/mol. The zero-order valence-electron chi connectivity index (χ0n) is 14.6. The van der Waals surface area contributed by atoms with Gasteiger partial charge in [0.2, 0.25) is 0 Å². The molecule has 1 atom stereocenters. The third-order valence-electron chi connectivity index (χ3n) is 4.44. The van der Waals surface area contributed by atoms with Gasteiger partial charge in [0.05, 0.1) is 0 Å². The Labute approximate surface area is 134 Å². The van der Waals surface area contributed by atoms with Gasteiger partial charge in [0, 0.05) is 0 Å². The quantitative estimate of drug-likeness (QED) is 0.183. The van der Waals surface area contributed by atoms with Crippen LogP contribution in [0.15, 0.2) is 25.3 Å². The maximum Gasteiger partial charge on any atom is 0.194 e. The number of hydrogen-bond donors (Lipinski definition) is 0. The molecule has 0 aliphatic rings. The molecule has 0 heterocycles. The van der Waals surface area contributed by atoms with Gasteiger partial charge in [-0.25, -0.2) is 0 Å². The van der Waals surface area contributed by atoms with E-state index in [1.54, 1.807) is 0 Å². The van der Waals surface area contributed by atoms with Gasteiger partial charge in [0.15, 0.2) is 8.32 Å². The summed E-state index contributed by atoms with van der Waals surface area (Å²) < 4.78 is 6.85. The maximum absolute atomic E-state index is 6.85. The molecule has 0 N–H and O–H groups in total. The summed E-state index contributed by atoms with van der Waals surface area (Å²) in [5, 5.41) is 0. The largest absolute Gasteiger partial charge is 0.401 e. The molecule has 0 aromatic heterocycles. The topological polar surface area (TPSA) is 9.23 Å². The van der Waals surface area contributed by atoms with E-state index in [1.807, 2.05) is 19.1 Å². The summed E-state index contributed by atoms with van der Waals surface area (Å²) in [4.78, 5) is 0. The summed E-state index contributed by atoms with van der Waals surface area (Å²) in [5.74, 6) is 6.55. The van der Waals surface area contributed by atoms with Gasteiger partial charge in [-0.15, -0.1) is 19.1 Å². The van der Waals surface area contributed by atoms with E-state index in [1.165, 1.54) is 18.1 Å². The minimum Gasteiger partial charge on any atom is -0.401 e. The summed E-state index contributed by atoms with van der Waals surface area (Å²) in [6.45, 7) is 16.5. The molecule has 2 heteroatoms. The van der Waals surface area contributed by atoms with Crippen LogP contribution in [0, 0.1) is 11.8 Å². The second kappa shape index (κ2) is 10.9. The summed E-state index contributed by atoms with van der Waals surface area (Å²) in [7, 11) is -1.66. The molecule has 120 valence electrons. The van der Waals surface area contributed by atoms with Crippen molar-refractivity contribution in [3.8, 4) is 11.8 Å². The van der Waals surface area contributed by atoms with E-state index in [2.05, 4.69) is 45.8 Å². The van der Waals surface area contributed by atoms with Crippen LogP contribution in [0.4, 0.5) is 0 Å². The first-order chi connectivity index (χ1) is 10.1. The molecule has 0 rings (SSSR count). The van der Waals surface area contributed by atoms with Crippen LogP contribution in [0.3, 0.4) is 0 Å². The van der Waals surface area contributed by atoms with Crippen molar-refractivity contribution in [3.05, 3.63) is 25.3 Å². The lowest BCUT2D eigenvalue weighted by Crippen LogP contribution is -2.46. The van der Waals surface area contributed by atoms with E-state index < -0.39 is 8.32 Å². The van der Waals surface area contributed by atoms with Gasteiger partial charge in [-0.3, -0.25) is 0 Å². The minimum atomic E-state index is -1.66. The van der Waals surface area contributed by atoms with Crippen molar-refractivity contribution in [3.63, 3.8) is 0 Å². The molecule has 0 saturated heterocycles. The standard InChI is InChI=1S/C19H34OSi/c1-7-13-15-18-19(16-9-3,17-14-8-2)20-21(10-4,11-5)12-6/h7-8H,1-2,10-15,17-18H2,3-6H3. The van der Waals surface area contributed by atoms with Crippen molar-refractivity contribution in [2.45, 2.75) is 83.5 Å². The Hall–Kier alpha value is -0.783. The molecular weight excluding hydrogens is 272 g/mol. The van der Waals surface area contributed by atoms with E-state index in [4.69, 9.17) is 4.43 Å². The Morgan fingerprint density at radius 2 is 1.57 bits per heavy atom. The molecule has 21 heavy (non-hydrogen) atoms. The fraction of sp³-hybridized carbons (Fsp3) is 0.684. The summed E-state index contributed by atoms with van der Waals surface area (Å²) >= 11 is 0. The predicted octanol–water partition coefficient (Wildman–Crippen LogP) is 6.09. The fourth-order valence-corrected chi connectivity index (χ4v) is 5.87. The predicted molar refractivity (Wildman–Crippen MR) is 97.9 cm³/mol. The first-order valence-corrected chi connectivity index (χ1v) is 11.0. The smallest absolute Gasteiger partial charge is 0.194 e. The molecule has 0 aromatic rings. The van der Waals surface area contributed by atoms with E-state index in [9.17, 15) is 0 Å². The summed E-state index contributed by atoms with van der Waals surface area (Å²) in [6.07, 6.45) is 9.02. The van der Waals surface area contributed by atoms with Crippen LogP contribution < -0.4 is 0 Å². The van der Waals surface area contributed by atoms with Crippen LogP contribution in [-0.2, 0) is 4.43 Å². The zero-order valence-corrected chi connectivity index (χ0v) is 15.6. The molecule has 0 aliphatic carbocycles. The third kappa shape index (κ3) is 6.67. The van der Waals surface area contributed by atoms with Crippen LogP contribution in [-0.4, -0.2) is 13.9 Å². The monoisotopic (exact) mass is 306 g/mol. The van der Waals surface area contributed by atoms with Crippen LogP contribution >= 0.6 is 0 Å². The van der Waals surface area contributed by atoms with E-state index in [0.717, 1.165) is 32.1 Å². The second-order valence-electron chi connectivity index (χ2n) is 5.72. The minimum absolute atomic E-state index is 0.278. The van der Waals surface area contributed by atoms with Gasteiger partial charge in [0.1, 0.15) is 5.60 Å². The SMILES string of the molecule is C=CCCCC(C#CC)(CCC=C)O[Si](CC)(CC)CC. The Kier molecular flexibility index (Phi) is 10.5. The summed E-state index contributed by atoms with van der Waals surface area (Å²) in [6, 6.07) is 3.51. The summed E-state index contributed by atoms with van der Waals surface area (Å²) in [5.41, 5.74) is -0.278. The van der Waals surface area contributed by atoms with Crippen LogP contribution in [0.25, 0.3) is 0 Å². The number of hydrogen-bond acceptors (Lipinski definition) is 1. The van der Waals surface area contributed by atoms with E-state index >= 15 is 0 Å². The Balaban J connectivity index is 5.32. The molecule has 0 bridgehead atoms. The molecule has 0 aromatic carbocycles. The van der Waals surface area contributed by atoms with Crippen molar-refractivity contribution in [2.75, 3.05) is 0 Å². The van der Waals surface area contributed by atoms with Crippen LogP contribution in [0.5, 0.6) is 0 Å². The normalized spacial score (nSPS) is 13.9. The van der Waals surface area contributed by atoms with Crippen LogP contribution in [0.1, 0.15) is 59.8 Å². The molecule has 0 aliphatic heterocycles. The van der Waals surface area contributed by atoms with Gasteiger partial charge in [-0.05, 0) is 57.2 Å². The highest BCUT2D eigenvalue weighted by Gasteiger charge is 2.39. The third-order valence-corrected chi connectivity index (χ3v) is 9.13. The highest BCUT2D eigenvalue weighted by atomic mass is 28.4. The van der Waals surface area contributed by atoms with Gasteiger partial charge in [0.25, 0.3) is 0 Å². The average Bonchev–Trinajstić information content (AvgIpc) is 2.51. The van der Waals surface area contributed by atoms with Gasteiger partial charge < -0.3 is 4.43 Å². The number of unbranched alkanes of at least 4 members (excludes halogenated alkanes) is 1. The van der Waals surface area contributed by atoms with Crippen molar-refractivity contribution < 1.29 is 4.43 Å². The molecule has 0 saturated carbocycles. The molecule has 0 radical (unpaired) electrons. The number of rotatable bonds is 12. The van der Waals surface area contributed by atoms with E-state index in [-0.39, 0.29) is 5.60 Å². The van der Waals surface area contributed by atoms with E-state index in [0.29, 0.717) is 0 Å². The lowest BCUT2D eigenvalue weighted by atomic mass is 9.92. The van der Waals surface area contributed by atoms with Gasteiger partial charge in [-0.1, -0.05) is 38.8 Å². The van der Waals surface area contributed by atoms with Crippen LogP contribution in [0.2, 0.25) is 18.1 Å². The first kappa shape index (κ1) is 20.2.